The van der Waals surface area contributed by atoms with Crippen molar-refractivity contribution in [3.63, 3.8) is 0 Å². The van der Waals surface area contributed by atoms with Crippen molar-refractivity contribution in [1.82, 2.24) is 0 Å². The molecule has 0 saturated heterocycles. The molecule has 24 heavy (non-hydrogen) atoms. The Balaban J connectivity index is 3.94. The van der Waals surface area contributed by atoms with E-state index in [4.69, 9.17) is 28.4 Å². The highest BCUT2D eigenvalue weighted by atomic mass is 16.8. The molecule has 0 spiro atoms. The van der Waals surface area contributed by atoms with Crippen molar-refractivity contribution >= 4 is 11.9 Å². The first-order valence-corrected chi connectivity index (χ1v) is 8.21. The molecule has 8 nitrogen and oxygen atoms in total. The molecule has 142 valence electrons. The minimum absolute atomic E-state index is 0.108. The van der Waals surface area contributed by atoms with Crippen LogP contribution in [0.15, 0.2) is 0 Å². The molecule has 0 N–H and O–H groups in total. The summed E-state index contributed by atoms with van der Waals surface area (Å²) in [4.78, 5) is 23.3. The fraction of sp³-hybridized carbons (Fsp3) is 0.875. The largest absolute Gasteiger partial charge is 0.436 e. The fourth-order valence-corrected chi connectivity index (χ4v) is 1.84. The van der Waals surface area contributed by atoms with Gasteiger partial charge in [0.05, 0.1) is 12.8 Å². The number of esters is 2. The third-order valence-electron chi connectivity index (χ3n) is 2.70. The second-order valence-electron chi connectivity index (χ2n) is 4.93. The lowest BCUT2D eigenvalue weighted by atomic mass is 10.3. The van der Waals surface area contributed by atoms with Crippen LogP contribution in [0.4, 0.5) is 0 Å². The van der Waals surface area contributed by atoms with Crippen molar-refractivity contribution in [3.8, 4) is 0 Å². The molecular formula is C16H30O8. The summed E-state index contributed by atoms with van der Waals surface area (Å²) < 4.78 is 31.0. The van der Waals surface area contributed by atoms with Crippen LogP contribution in [0, 0.1) is 0 Å². The van der Waals surface area contributed by atoms with Gasteiger partial charge in [0.1, 0.15) is 0 Å². The van der Waals surface area contributed by atoms with E-state index in [-0.39, 0.29) is 12.8 Å². The van der Waals surface area contributed by atoms with E-state index in [0.717, 1.165) is 0 Å². The monoisotopic (exact) mass is 350 g/mol. The summed E-state index contributed by atoms with van der Waals surface area (Å²) in [6.07, 6.45) is -2.69. The predicted molar refractivity (Wildman–Crippen MR) is 84.7 cm³/mol. The zero-order chi connectivity index (χ0) is 18.5. The first-order valence-electron chi connectivity index (χ1n) is 8.21. The van der Waals surface area contributed by atoms with Crippen LogP contribution in [0.2, 0.25) is 0 Å². The molecule has 0 aliphatic rings. The summed E-state index contributed by atoms with van der Waals surface area (Å²) in [7, 11) is 0. The van der Waals surface area contributed by atoms with Crippen LogP contribution in [0.3, 0.4) is 0 Å². The fourth-order valence-electron chi connectivity index (χ4n) is 1.84. The summed E-state index contributed by atoms with van der Waals surface area (Å²) in [6, 6.07) is 0. The molecule has 0 aromatic rings. The number of hydrogen-bond acceptors (Lipinski definition) is 8. The van der Waals surface area contributed by atoms with Crippen LogP contribution in [-0.4, -0.2) is 50.3 Å². The Labute approximate surface area is 143 Å². The minimum atomic E-state index is -0.760. The van der Waals surface area contributed by atoms with Crippen LogP contribution in [-0.2, 0) is 38.0 Å². The highest BCUT2D eigenvalue weighted by molar-refractivity contribution is 5.77. The third-order valence-corrected chi connectivity index (χ3v) is 2.70. The van der Waals surface area contributed by atoms with E-state index in [2.05, 4.69) is 0 Å². The first-order chi connectivity index (χ1) is 11.3. The summed E-state index contributed by atoms with van der Waals surface area (Å²) in [6.45, 7) is 11.2. The molecule has 0 bridgehead atoms. The number of hydrogen-bond donors (Lipinski definition) is 0. The molecule has 0 aliphatic heterocycles. The van der Waals surface area contributed by atoms with E-state index in [9.17, 15) is 9.59 Å². The normalized spacial score (nSPS) is 16.1. The Morgan fingerprint density at radius 3 is 1.29 bits per heavy atom. The molecule has 8 heteroatoms. The molecule has 0 aromatic heterocycles. The number of ether oxygens (including phenoxy) is 6. The van der Waals surface area contributed by atoms with Gasteiger partial charge in [-0.1, -0.05) is 0 Å². The Morgan fingerprint density at radius 1 is 0.667 bits per heavy atom. The van der Waals surface area contributed by atoms with Crippen molar-refractivity contribution in [2.75, 3.05) is 13.2 Å². The van der Waals surface area contributed by atoms with Gasteiger partial charge in [0.15, 0.2) is 12.6 Å². The van der Waals surface area contributed by atoms with Gasteiger partial charge < -0.3 is 28.4 Å². The molecule has 0 aromatic carbocycles. The van der Waals surface area contributed by atoms with Gasteiger partial charge in [-0.15, -0.1) is 0 Å². The standard InChI is InChI=1S/C16H30O8/c1-7-19-11(3)21-13(5)23-15(17)9-10-16(18)24-14(6)22-12(4)20-8-2/h11-14H,7-10H2,1-6H3. The quantitative estimate of drug-likeness (QED) is 0.369. The molecule has 0 aliphatic carbocycles. The number of carbonyl (C=O) groups excluding carboxylic acids is 2. The average molecular weight is 350 g/mol. The minimum Gasteiger partial charge on any atom is -0.436 e. The van der Waals surface area contributed by atoms with Crippen LogP contribution >= 0.6 is 0 Å². The lowest BCUT2D eigenvalue weighted by Gasteiger charge is -2.20. The average Bonchev–Trinajstić information content (AvgIpc) is 2.45. The molecule has 0 heterocycles. The van der Waals surface area contributed by atoms with Crippen molar-refractivity contribution in [1.29, 1.82) is 0 Å². The van der Waals surface area contributed by atoms with Crippen molar-refractivity contribution in [2.24, 2.45) is 0 Å². The van der Waals surface area contributed by atoms with Gasteiger partial charge in [0.25, 0.3) is 0 Å². The maximum atomic E-state index is 11.6. The van der Waals surface area contributed by atoms with E-state index < -0.39 is 37.1 Å². The van der Waals surface area contributed by atoms with Gasteiger partial charge in [-0.25, -0.2) is 0 Å². The molecule has 0 rings (SSSR count). The van der Waals surface area contributed by atoms with Gasteiger partial charge in [-0.2, -0.15) is 0 Å². The van der Waals surface area contributed by atoms with Gasteiger partial charge in [-0.05, 0) is 41.5 Å². The van der Waals surface area contributed by atoms with E-state index >= 15 is 0 Å². The molecule has 0 radical (unpaired) electrons. The SMILES string of the molecule is CCOC(C)OC(C)OC(=O)CCC(=O)OC(C)OC(C)OCC. The van der Waals surface area contributed by atoms with E-state index in [1.165, 1.54) is 0 Å². The Hall–Kier alpha value is -1.22. The second-order valence-corrected chi connectivity index (χ2v) is 4.93. The highest BCUT2D eigenvalue weighted by Crippen LogP contribution is 2.07. The van der Waals surface area contributed by atoms with Crippen LogP contribution < -0.4 is 0 Å². The second kappa shape index (κ2) is 13.1. The summed E-state index contributed by atoms with van der Waals surface area (Å²) in [5, 5.41) is 0. The summed E-state index contributed by atoms with van der Waals surface area (Å²) in [5.41, 5.74) is 0. The molecule has 0 fully saturated rings. The lowest BCUT2D eigenvalue weighted by molar-refractivity contribution is -0.231. The Bertz CT molecular complexity index is 326. The first kappa shape index (κ1) is 22.8. The van der Waals surface area contributed by atoms with Crippen LogP contribution in [0.25, 0.3) is 0 Å². The maximum absolute atomic E-state index is 11.6. The Kier molecular flexibility index (Phi) is 12.4. The van der Waals surface area contributed by atoms with E-state index in [1.807, 2.05) is 13.8 Å². The lowest BCUT2D eigenvalue weighted by Crippen LogP contribution is -2.26. The molecule has 4 atom stereocenters. The Morgan fingerprint density at radius 2 is 1.00 bits per heavy atom. The highest BCUT2D eigenvalue weighted by Gasteiger charge is 2.17. The predicted octanol–water partition coefficient (Wildman–Crippen LogP) is 2.34. The third kappa shape index (κ3) is 12.2. The van der Waals surface area contributed by atoms with Crippen LogP contribution in [0.1, 0.15) is 54.4 Å². The number of rotatable bonds is 13. The van der Waals surface area contributed by atoms with E-state index in [1.54, 1.807) is 27.7 Å². The van der Waals surface area contributed by atoms with Crippen LogP contribution in [0.5, 0.6) is 0 Å². The van der Waals surface area contributed by atoms with Crippen molar-refractivity contribution in [3.05, 3.63) is 0 Å². The van der Waals surface area contributed by atoms with Gasteiger partial charge in [-0.3, -0.25) is 9.59 Å². The van der Waals surface area contributed by atoms with Gasteiger partial charge >= 0.3 is 11.9 Å². The van der Waals surface area contributed by atoms with E-state index in [0.29, 0.717) is 13.2 Å². The summed E-state index contributed by atoms with van der Waals surface area (Å²) >= 11 is 0. The zero-order valence-electron chi connectivity index (χ0n) is 15.4. The van der Waals surface area contributed by atoms with Gasteiger partial charge in [0, 0.05) is 13.2 Å². The van der Waals surface area contributed by atoms with Crippen molar-refractivity contribution < 1.29 is 38.0 Å². The topological polar surface area (TPSA) is 89.5 Å². The van der Waals surface area contributed by atoms with Crippen molar-refractivity contribution in [2.45, 2.75) is 79.5 Å². The maximum Gasteiger partial charge on any atom is 0.308 e. The molecule has 4 unspecified atom stereocenters. The van der Waals surface area contributed by atoms with Gasteiger partial charge in [0.2, 0.25) is 12.6 Å². The smallest absolute Gasteiger partial charge is 0.308 e. The summed E-state index contributed by atoms with van der Waals surface area (Å²) in [5.74, 6) is -1.11. The molecule has 0 saturated carbocycles. The molecular weight excluding hydrogens is 320 g/mol. The molecule has 0 amide bonds. The number of carbonyl (C=O) groups is 2. The zero-order valence-corrected chi connectivity index (χ0v) is 15.4.